The van der Waals surface area contributed by atoms with E-state index in [0.29, 0.717) is 12.0 Å². The molecule has 6 heteroatoms. The second-order valence-corrected chi connectivity index (χ2v) is 5.80. The molecule has 0 spiro atoms. The van der Waals surface area contributed by atoms with Gasteiger partial charge in [0.05, 0.1) is 12.5 Å². The molecule has 1 aromatic rings. The van der Waals surface area contributed by atoms with Crippen LogP contribution in [0.3, 0.4) is 0 Å². The first-order valence-corrected chi connectivity index (χ1v) is 7.50. The van der Waals surface area contributed by atoms with Crippen LogP contribution in [0.1, 0.15) is 31.4 Å². The second kappa shape index (κ2) is 7.89. The summed E-state index contributed by atoms with van der Waals surface area (Å²) in [6.45, 7) is 1.92. The number of nitrogens with one attached hydrogen (secondary N) is 1. The van der Waals surface area contributed by atoms with Gasteiger partial charge in [-0.25, -0.2) is 4.39 Å². The van der Waals surface area contributed by atoms with E-state index in [1.807, 2.05) is 13.2 Å². The van der Waals surface area contributed by atoms with Crippen LogP contribution < -0.4 is 5.32 Å². The summed E-state index contributed by atoms with van der Waals surface area (Å²) in [5.41, 5.74) is 0.582. The van der Waals surface area contributed by atoms with E-state index in [1.165, 1.54) is 24.3 Å². The largest absolute Gasteiger partial charge is 0.481 e. The normalized spacial score (nSPS) is 13.6. The molecule has 0 bridgehead atoms. The Bertz CT molecular complexity index is 464. The molecule has 1 rings (SSSR count). The zero-order chi connectivity index (χ0) is 15.1. The third-order valence-corrected chi connectivity index (χ3v) is 3.83. The molecule has 4 nitrogen and oxygen atoms in total. The number of carbonyl (C=O) groups excluding carboxylic acids is 1. The van der Waals surface area contributed by atoms with Crippen LogP contribution in [0.15, 0.2) is 24.3 Å². The van der Waals surface area contributed by atoms with Crippen molar-refractivity contribution < 1.29 is 19.1 Å². The molecular weight excluding hydrogens is 281 g/mol. The maximum absolute atomic E-state index is 12.9. The van der Waals surface area contributed by atoms with Gasteiger partial charge in [-0.15, -0.1) is 0 Å². The van der Waals surface area contributed by atoms with E-state index in [2.05, 4.69) is 5.32 Å². The van der Waals surface area contributed by atoms with E-state index in [4.69, 9.17) is 5.11 Å². The topological polar surface area (TPSA) is 66.4 Å². The Labute approximate surface area is 121 Å². The number of benzene rings is 1. The molecule has 0 fully saturated rings. The number of amides is 1. The lowest BCUT2D eigenvalue weighted by Gasteiger charge is -2.18. The minimum atomic E-state index is -1.02. The Balaban J connectivity index is 2.76. The summed E-state index contributed by atoms with van der Waals surface area (Å²) < 4.78 is 12.9. The predicted molar refractivity (Wildman–Crippen MR) is 77.1 cm³/mol. The van der Waals surface area contributed by atoms with Crippen molar-refractivity contribution in [3.05, 3.63) is 35.6 Å². The van der Waals surface area contributed by atoms with Gasteiger partial charge in [0.1, 0.15) is 5.82 Å². The Morgan fingerprint density at radius 1 is 1.30 bits per heavy atom. The van der Waals surface area contributed by atoms with Crippen molar-refractivity contribution in [3.63, 3.8) is 0 Å². The number of carbonyl (C=O) groups is 2. The lowest BCUT2D eigenvalue weighted by atomic mass is 10.0. The highest BCUT2D eigenvalue weighted by Crippen LogP contribution is 2.18. The van der Waals surface area contributed by atoms with Crippen LogP contribution in [-0.4, -0.2) is 28.5 Å². The van der Waals surface area contributed by atoms with Crippen LogP contribution in [-0.2, 0) is 9.59 Å². The fourth-order valence-corrected chi connectivity index (χ4v) is 2.04. The fourth-order valence-electron chi connectivity index (χ4n) is 1.72. The van der Waals surface area contributed by atoms with Gasteiger partial charge in [0.25, 0.3) is 0 Å². The molecule has 2 atom stereocenters. The van der Waals surface area contributed by atoms with Crippen molar-refractivity contribution in [2.45, 2.75) is 31.1 Å². The van der Waals surface area contributed by atoms with E-state index >= 15 is 0 Å². The molecule has 0 aliphatic heterocycles. The minimum Gasteiger partial charge on any atom is -0.481 e. The molecule has 0 aromatic heterocycles. The van der Waals surface area contributed by atoms with Gasteiger partial charge in [-0.1, -0.05) is 19.1 Å². The number of hydrogen-bond donors (Lipinski definition) is 2. The summed E-state index contributed by atoms with van der Waals surface area (Å²) >= 11 is 1.57. The average Bonchev–Trinajstić information content (AvgIpc) is 2.38. The average molecular weight is 299 g/mol. The molecule has 2 unspecified atom stereocenters. The zero-order valence-electron chi connectivity index (χ0n) is 11.4. The number of halogens is 1. The van der Waals surface area contributed by atoms with E-state index < -0.39 is 17.8 Å². The van der Waals surface area contributed by atoms with Gasteiger partial charge in [0.15, 0.2) is 0 Å². The number of aliphatic carboxylic acids is 1. The van der Waals surface area contributed by atoms with Gasteiger partial charge in [0.2, 0.25) is 5.91 Å². The number of thioether (sulfide) groups is 1. The van der Waals surface area contributed by atoms with E-state index in [0.717, 1.165) is 0 Å². The Hall–Kier alpha value is -1.56. The fraction of sp³-hybridized carbons (Fsp3) is 0.429. The van der Waals surface area contributed by atoms with E-state index in [1.54, 1.807) is 11.8 Å². The molecule has 1 amide bonds. The maximum atomic E-state index is 12.9. The van der Waals surface area contributed by atoms with Crippen LogP contribution in [0, 0.1) is 5.82 Å². The summed E-state index contributed by atoms with van der Waals surface area (Å²) in [5, 5.41) is 11.8. The molecule has 0 radical (unpaired) electrons. The summed E-state index contributed by atoms with van der Waals surface area (Å²) in [6.07, 6.45) is 2.00. The van der Waals surface area contributed by atoms with Crippen LogP contribution in [0.2, 0.25) is 0 Å². The Kier molecular flexibility index (Phi) is 6.51. The van der Waals surface area contributed by atoms with Gasteiger partial charge in [-0.05, 0) is 24.0 Å². The molecule has 0 aliphatic rings. The van der Waals surface area contributed by atoms with Crippen molar-refractivity contribution >= 4 is 23.6 Å². The van der Waals surface area contributed by atoms with Crippen LogP contribution >= 0.6 is 11.8 Å². The first-order chi connectivity index (χ1) is 9.42. The molecule has 0 heterocycles. The van der Waals surface area contributed by atoms with Crippen LogP contribution in [0.5, 0.6) is 0 Å². The third-order valence-electron chi connectivity index (χ3n) is 2.86. The lowest BCUT2D eigenvalue weighted by molar-refractivity contribution is -0.137. The Morgan fingerprint density at radius 3 is 2.40 bits per heavy atom. The highest BCUT2D eigenvalue weighted by Gasteiger charge is 2.19. The minimum absolute atomic E-state index is 0.161. The highest BCUT2D eigenvalue weighted by atomic mass is 32.2. The van der Waals surface area contributed by atoms with Crippen LogP contribution in [0.4, 0.5) is 4.39 Å². The monoisotopic (exact) mass is 299 g/mol. The summed E-state index contributed by atoms with van der Waals surface area (Å²) in [6, 6.07) is 4.83. The van der Waals surface area contributed by atoms with Crippen molar-refractivity contribution in [2.75, 3.05) is 6.26 Å². The molecule has 2 N–H and O–H groups in total. The van der Waals surface area contributed by atoms with Gasteiger partial charge >= 0.3 is 5.97 Å². The van der Waals surface area contributed by atoms with Crippen molar-refractivity contribution in [2.24, 2.45) is 0 Å². The predicted octanol–water partition coefficient (Wildman–Crippen LogP) is 2.60. The molecular formula is C14H18FNO3S. The van der Waals surface area contributed by atoms with Gasteiger partial charge < -0.3 is 10.4 Å². The number of hydrogen-bond acceptors (Lipinski definition) is 3. The van der Waals surface area contributed by atoms with Gasteiger partial charge in [-0.2, -0.15) is 11.8 Å². The number of rotatable bonds is 7. The first-order valence-electron chi connectivity index (χ1n) is 6.21. The highest BCUT2D eigenvalue weighted by molar-refractivity contribution is 7.99. The Morgan fingerprint density at radius 2 is 1.90 bits per heavy atom. The summed E-state index contributed by atoms with van der Waals surface area (Å²) in [4.78, 5) is 22.7. The third kappa shape index (κ3) is 5.61. The SMILES string of the molecule is CSC(C)CC(=O)NC(CC(=O)O)c1ccc(F)cc1. The van der Waals surface area contributed by atoms with Gasteiger partial charge in [-0.3, -0.25) is 9.59 Å². The standard InChI is InChI=1S/C14H18FNO3S/c1-9(20-2)7-13(17)16-12(8-14(18)19)10-3-5-11(15)6-4-10/h3-6,9,12H,7-8H2,1-2H3,(H,16,17)(H,18,19). The van der Waals surface area contributed by atoms with E-state index in [-0.39, 0.29) is 17.6 Å². The first kappa shape index (κ1) is 16.5. The zero-order valence-corrected chi connectivity index (χ0v) is 12.2. The smallest absolute Gasteiger partial charge is 0.305 e. The number of carboxylic acid groups (broad SMARTS) is 1. The summed E-state index contributed by atoms with van der Waals surface area (Å²) in [7, 11) is 0. The summed E-state index contributed by atoms with van der Waals surface area (Å²) in [5.74, 6) is -1.62. The van der Waals surface area contributed by atoms with Gasteiger partial charge in [0, 0.05) is 11.7 Å². The maximum Gasteiger partial charge on any atom is 0.305 e. The molecule has 1 aromatic carbocycles. The van der Waals surface area contributed by atoms with E-state index in [9.17, 15) is 14.0 Å². The molecule has 20 heavy (non-hydrogen) atoms. The number of carboxylic acids is 1. The van der Waals surface area contributed by atoms with Crippen molar-refractivity contribution in [3.8, 4) is 0 Å². The molecule has 0 saturated heterocycles. The molecule has 0 aliphatic carbocycles. The lowest BCUT2D eigenvalue weighted by Crippen LogP contribution is -2.31. The molecule has 110 valence electrons. The second-order valence-electron chi connectivity index (χ2n) is 4.52. The molecule has 0 saturated carbocycles. The van der Waals surface area contributed by atoms with Crippen molar-refractivity contribution in [1.82, 2.24) is 5.32 Å². The van der Waals surface area contributed by atoms with Crippen molar-refractivity contribution in [1.29, 1.82) is 0 Å². The quantitative estimate of drug-likeness (QED) is 0.812. The van der Waals surface area contributed by atoms with Crippen LogP contribution in [0.25, 0.3) is 0 Å².